The maximum Gasteiger partial charge on any atom is 0.0771 e. The zero-order valence-corrected chi connectivity index (χ0v) is 4.69. The minimum Gasteiger partial charge on any atom is -0.395 e. The zero-order valence-electron chi connectivity index (χ0n) is 3.87. The van der Waals surface area contributed by atoms with E-state index in [9.17, 15) is 0 Å². The van der Waals surface area contributed by atoms with E-state index in [1.165, 1.54) is 0 Å². The van der Waals surface area contributed by atoms with Crippen LogP contribution in [-0.4, -0.2) is 33.9 Å². The first-order valence-corrected chi connectivity index (χ1v) is 3.30. The van der Waals surface area contributed by atoms with Gasteiger partial charge in [0.25, 0.3) is 0 Å². The molecule has 0 bridgehead atoms. The van der Waals surface area contributed by atoms with E-state index in [0.717, 1.165) is 5.75 Å². The summed E-state index contributed by atoms with van der Waals surface area (Å²) in [4.78, 5) is 0. The summed E-state index contributed by atoms with van der Waals surface area (Å²) in [5.74, 6) is 0.797. The molecule has 1 fully saturated rings. The summed E-state index contributed by atoms with van der Waals surface area (Å²) in [6.45, 7) is 0.117. The lowest BCUT2D eigenvalue weighted by atomic mass is 10.3. The molecule has 0 spiro atoms. The van der Waals surface area contributed by atoms with Gasteiger partial charge in [-0.3, -0.25) is 0 Å². The van der Waals surface area contributed by atoms with Crippen LogP contribution in [0.3, 0.4) is 0 Å². The van der Waals surface area contributed by atoms with Crippen LogP contribution in [0.5, 0.6) is 0 Å². The van der Waals surface area contributed by atoms with Crippen LogP contribution in [0.1, 0.15) is 0 Å². The van der Waals surface area contributed by atoms with Crippen LogP contribution in [0.2, 0.25) is 0 Å². The average Bonchev–Trinajstić information content (AvgIpc) is 1.65. The van der Waals surface area contributed by atoms with Crippen molar-refractivity contribution < 1.29 is 10.2 Å². The fraction of sp³-hybridized carbons (Fsp3) is 1.00. The molecule has 1 aliphatic heterocycles. The van der Waals surface area contributed by atoms with Crippen molar-refractivity contribution in [3.05, 3.63) is 0 Å². The summed E-state index contributed by atoms with van der Waals surface area (Å²) in [7, 11) is 0. The largest absolute Gasteiger partial charge is 0.395 e. The second-order valence-corrected chi connectivity index (χ2v) is 2.89. The number of thioether (sulfide) groups is 1. The van der Waals surface area contributed by atoms with Gasteiger partial charge in [-0.15, -0.1) is 0 Å². The van der Waals surface area contributed by atoms with E-state index in [-0.39, 0.29) is 18.0 Å². The third-order valence-corrected chi connectivity index (χ3v) is 2.52. The van der Waals surface area contributed by atoms with E-state index in [2.05, 4.69) is 0 Å². The third-order valence-electron chi connectivity index (χ3n) is 1.09. The van der Waals surface area contributed by atoms with Gasteiger partial charge in [0.15, 0.2) is 0 Å². The molecule has 3 heteroatoms. The van der Waals surface area contributed by atoms with E-state index in [1.54, 1.807) is 11.8 Å². The average molecular weight is 120 g/mol. The van der Waals surface area contributed by atoms with Crippen molar-refractivity contribution >= 4 is 11.8 Å². The van der Waals surface area contributed by atoms with E-state index >= 15 is 0 Å². The van der Waals surface area contributed by atoms with Crippen LogP contribution in [-0.2, 0) is 0 Å². The maximum atomic E-state index is 8.73. The highest BCUT2D eigenvalue weighted by Crippen LogP contribution is 2.27. The highest BCUT2D eigenvalue weighted by atomic mass is 32.2. The van der Waals surface area contributed by atoms with Crippen LogP contribution >= 0.6 is 11.8 Å². The molecule has 1 saturated heterocycles. The Balaban J connectivity index is 2.16. The number of hydrogen-bond acceptors (Lipinski definition) is 3. The summed E-state index contributed by atoms with van der Waals surface area (Å²) >= 11 is 1.61. The van der Waals surface area contributed by atoms with Gasteiger partial charge < -0.3 is 10.2 Å². The minimum atomic E-state index is -0.241. The lowest BCUT2D eigenvalue weighted by Crippen LogP contribution is -2.38. The standard InChI is InChI=1S/C4H8O2S/c5-1-4-3(6)2-7-4/h3-6H,1-2H2/t3-,4-/m0/s1. The molecule has 1 aliphatic rings. The Kier molecular flexibility index (Phi) is 1.57. The molecule has 0 aromatic rings. The number of aliphatic hydroxyl groups excluding tert-OH is 2. The fourth-order valence-corrected chi connectivity index (χ4v) is 1.23. The first-order valence-electron chi connectivity index (χ1n) is 2.25. The lowest BCUT2D eigenvalue weighted by Gasteiger charge is -2.29. The molecule has 2 atom stereocenters. The molecule has 7 heavy (non-hydrogen) atoms. The SMILES string of the molecule is OC[C@@H]1SC[C@@H]1O. The molecule has 2 nitrogen and oxygen atoms in total. The van der Waals surface area contributed by atoms with Gasteiger partial charge in [-0.1, -0.05) is 0 Å². The molecule has 0 unspecified atom stereocenters. The topological polar surface area (TPSA) is 40.5 Å². The van der Waals surface area contributed by atoms with Gasteiger partial charge >= 0.3 is 0 Å². The molecule has 0 amide bonds. The monoisotopic (exact) mass is 120 g/mol. The molecule has 1 rings (SSSR count). The minimum absolute atomic E-state index is 0.111. The number of rotatable bonds is 1. The molecule has 0 aromatic heterocycles. The van der Waals surface area contributed by atoms with Crippen LogP contribution in [0.15, 0.2) is 0 Å². The highest BCUT2D eigenvalue weighted by molar-refractivity contribution is 8.01. The normalized spacial score (nSPS) is 40.3. The van der Waals surface area contributed by atoms with Gasteiger partial charge in [0.2, 0.25) is 0 Å². The molecule has 0 saturated carbocycles. The van der Waals surface area contributed by atoms with E-state index in [0.29, 0.717) is 0 Å². The third kappa shape index (κ3) is 0.900. The molecule has 0 radical (unpaired) electrons. The van der Waals surface area contributed by atoms with Gasteiger partial charge in [-0.25, -0.2) is 0 Å². The van der Waals surface area contributed by atoms with Crippen molar-refractivity contribution in [1.82, 2.24) is 0 Å². The fourth-order valence-electron chi connectivity index (χ4n) is 0.493. The van der Waals surface area contributed by atoms with Crippen LogP contribution in [0, 0.1) is 0 Å². The van der Waals surface area contributed by atoms with Crippen molar-refractivity contribution in [2.45, 2.75) is 11.4 Å². The Labute approximate surface area is 46.5 Å². The highest BCUT2D eigenvalue weighted by Gasteiger charge is 2.28. The lowest BCUT2D eigenvalue weighted by molar-refractivity contribution is 0.146. The van der Waals surface area contributed by atoms with Crippen LogP contribution in [0.25, 0.3) is 0 Å². The van der Waals surface area contributed by atoms with Crippen molar-refractivity contribution in [2.24, 2.45) is 0 Å². The molecule has 2 N–H and O–H groups in total. The zero-order chi connectivity index (χ0) is 5.28. The van der Waals surface area contributed by atoms with Gasteiger partial charge in [0.05, 0.1) is 18.0 Å². The predicted octanol–water partition coefficient (Wildman–Crippen LogP) is -0.545. The van der Waals surface area contributed by atoms with Gasteiger partial charge in [-0.2, -0.15) is 11.8 Å². The Hall–Kier alpha value is 0.270. The van der Waals surface area contributed by atoms with Crippen LogP contribution < -0.4 is 0 Å². The summed E-state index contributed by atoms with van der Waals surface area (Å²) in [5, 5.41) is 17.2. The van der Waals surface area contributed by atoms with Crippen LogP contribution in [0.4, 0.5) is 0 Å². The Morgan fingerprint density at radius 3 is 2.43 bits per heavy atom. The summed E-state index contributed by atoms with van der Waals surface area (Å²) in [5.41, 5.74) is 0. The Morgan fingerprint density at radius 2 is 2.43 bits per heavy atom. The van der Waals surface area contributed by atoms with Crippen molar-refractivity contribution in [2.75, 3.05) is 12.4 Å². The van der Waals surface area contributed by atoms with Crippen molar-refractivity contribution in [3.8, 4) is 0 Å². The smallest absolute Gasteiger partial charge is 0.0771 e. The molecule has 0 aliphatic carbocycles. The van der Waals surface area contributed by atoms with E-state index in [4.69, 9.17) is 10.2 Å². The van der Waals surface area contributed by atoms with Gasteiger partial charge in [-0.05, 0) is 0 Å². The van der Waals surface area contributed by atoms with E-state index < -0.39 is 0 Å². The number of hydrogen-bond donors (Lipinski definition) is 2. The molecular formula is C4H8O2S. The van der Waals surface area contributed by atoms with Crippen molar-refractivity contribution in [3.63, 3.8) is 0 Å². The molecule has 42 valence electrons. The summed E-state index contributed by atoms with van der Waals surface area (Å²) < 4.78 is 0. The van der Waals surface area contributed by atoms with Gasteiger partial charge in [0, 0.05) is 5.75 Å². The first kappa shape index (κ1) is 5.41. The molecule has 0 aromatic carbocycles. The summed E-state index contributed by atoms with van der Waals surface area (Å²) in [6, 6.07) is 0. The summed E-state index contributed by atoms with van der Waals surface area (Å²) in [6.07, 6.45) is -0.241. The second-order valence-electron chi connectivity index (χ2n) is 1.62. The van der Waals surface area contributed by atoms with E-state index in [1.807, 2.05) is 0 Å². The predicted molar refractivity (Wildman–Crippen MR) is 29.3 cm³/mol. The Bertz CT molecular complexity index is 64.7. The quantitative estimate of drug-likeness (QED) is 0.488. The Morgan fingerprint density at radius 1 is 1.71 bits per heavy atom. The number of aliphatic hydroxyl groups is 2. The first-order chi connectivity index (χ1) is 3.34. The molecular weight excluding hydrogens is 112 g/mol. The van der Waals surface area contributed by atoms with Gasteiger partial charge in [0.1, 0.15) is 0 Å². The molecule has 1 heterocycles. The second kappa shape index (κ2) is 2.03. The van der Waals surface area contributed by atoms with Crippen molar-refractivity contribution in [1.29, 1.82) is 0 Å². The maximum absolute atomic E-state index is 8.73.